The molecule has 0 fully saturated rings. The highest BCUT2D eigenvalue weighted by Crippen LogP contribution is 2.36. The molecule has 0 aliphatic carbocycles. The molecule has 1 heteroatoms. The molecule has 4 aromatic rings. The molecule has 1 N–H and O–H groups in total. The lowest BCUT2D eigenvalue weighted by Crippen LogP contribution is -1.92. The van der Waals surface area contributed by atoms with Crippen LogP contribution < -0.4 is 0 Å². The van der Waals surface area contributed by atoms with Crippen molar-refractivity contribution in [2.24, 2.45) is 0 Å². The lowest BCUT2D eigenvalue weighted by atomic mass is 9.90. The molecule has 4 aromatic carbocycles. The van der Waals surface area contributed by atoms with Gasteiger partial charge in [-0.25, -0.2) is 0 Å². The number of aliphatic hydroxyl groups excluding tert-OH is 1. The van der Waals surface area contributed by atoms with E-state index in [-0.39, 0.29) is 6.61 Å². The third-order valence-corrected chi connectivity index (χ3v) is 4.71. The van der Waals surface area contributed by atoms with Gasteiger partial charge in [-0.2, -0.15) is 0 Å². The summed E-state index contributed by atoms with van der Waals surface area (Å²) < 4.78 is 0. The second-order valence-corrected chi connectivity index (χ2v) is 6.11. The van der Waals surface area contributed by atoms with Crippen LogP contribution in [0.2, 0.25) is 0 Å². The standard InChI is InChI=1S/C22H20O/c23-15-6-5-8-16-9-7-14-21-19-11-2-1-10-17(19)18-12-3-4-13-20(18)22(16)21/h1-4,7,9-14,23H,5-6,8,15H2. The first kappa shape index (κ1) is 14.2. The van der Waals surface area contributed by atoms with E-state index in [9.17, 15) is 0 Å². The maximum atomic E-state index is 9.07. The summed E-state index contributed by atoms with van der Waals surface area (Å²) in [4.78, 5) is 0. The van der Waals surface area contributed by atoms with Gasteiger partial charge in [-0.1, -0.05) is 66.7 Å². The molecule has 0 aromatic heterocycles. The van der Waals surface area contributed by atoms with Crippen LogP contribution in [0.1, 0.15) is 18.4 Å². The van der Waals surface area contributed by atoms with Crippen molar-refractivity contribution in [3.63, 3.8) is 0 Å². The Morgan fingerprint density at radius 2 is 1.09 bits per heavy atom. The Hall–Kier alpha value is -2.38. The summed E-state index contributed by atoms with van der Waals surface area (Å²) in [6.07, 6.45) is 2.90. The van der Waals surface area contributed by atoms with Crippen LogP contribution in [0.4, 0.5) is 0 Å². The van der Waals surface area contributed by atoms with Crippen molar-refractivity contribution in [2.45, 2.75) is 19.3 Å². The molecule has 0 radical (unpaired) electrons. The molecular weight excluding hydrogens is 280 g/mol. The topological polar surface area (TPSA) is 20.2 Å². The quantitative estimate of drug-likeness (QED) is 0.392. The summed E-state index contributed by atoms with van der Waals surface area (Å²) in [5.74, 6) is 0. The molecule has 0 aliphatic rings. The van der Waals surface area contributed by atoms with E-state index in [1.165, 1.54) is 37.9 Å². The predicted octanol–water partition coefficient (Wildman–Crippen LogP) is 5.46. The maximum Gasteiger partial charge on any atom is 0.0431 e. The highest BCUT2D eigenvalue weighted by Gasteiger charge is 2.10. The van der Waals surface area contributed by atoms with Gasteiger partial charge < -0.3 is 5.11 Å². The fraction of sp³-hybridized carbons (Fsp3) is 0.182. The van der Waals surface area contributed by atoms with Gasteiger partial charge in [-0.3, -0.25) is 0 Å². The fourth-order valence-corrected chi connectivity index (χ4v) is 3.67. The summed E-state index contributed by atoms with van der Waals surface area (Å²) in [7, 11) is 0. The van der Waals surface area contributed by atoms with Crippen molar-refractivity contribution in [1.29, 1.82) is 0 Å². The van der Waals surface area contributed by atoms with E-state index in [0.29, 0.717) is 0 Å². The average Bonchev–Trinajstić information content (AvgIpc) is 2.62. The van der Waals surface area contributed by atoms with Crippen LogP contribution in [0.15, 0.2) is 66.7 Å². The largest absolute Gasteiger partial charge is 0.396 e. The monoisotopic (exact) mass is 300 g/mol. The molecule has 0 heterocycles. The van der Waals surface area contributed by atoms with E-state index in [2.05, 4.69) is 66.7 Å². The van der Waals surface area contributed by atoms with Gasteiger partial charge in [-0.05, 0) is 57.1 Å². The number of rotatable bonds is 4. The molecule has 0 atom stereocenters. The normalized spacial score (nSPS) is 11.5. The van der Waals surface area contributed by atoms with Crippen molar-refractivity contribution in [2.75, 3.05) is 6.61 Å². The maximum absolute atomic E-state index is 9.07. The van der Waals surface area contributed by atoms with Crippen molar-refractivity contribution in [1.82, 2.24) is 0 Å². The van der Waals surface area contributed by atoms with Crippen molar-refractivity contribution < 1.29 is 5.11 Å². The SMILES string of the molecule is OCCCCc1cccc2c3ccccc3c3ccccc3c12. The molecule has 0 spiro atoms. The number of aryl methyl sites for hydroxylation is 1. The molecular formula is C22H20O. The van der Waals surface area contributed by atoms with Crippen LogP contribution in [0.5, 0.6) is 0 Å². The molecule has 0 bridgehead atoms. The Balaban J connectivity index is 2.10. The van der Waals surface area contributed by atoms with Gasteiger partial charge in [0.2, 0.25) is 0 Å². The minimum atomic E-state index is 0.272. The molecule has 0 unspecified atom stereocenters. The average molecular weight is 300 g/mol. The lowest BCUT2D eigenvalue weighted by Gasteiger charge is -2.13. The van der Waals surface area contributed by atoms with Crippen LogP contribution in [0.25, 0.3) is 32.3 Å². The Bertz CT molecular complexity index is 940. The number of benzene rings is 4. The van der Waals surface area contributed by atoms with Gasteiger partial charge in [0.25, 0.3) is 0 Å². The minimum absolute atomic E-state index is 0.272. The lowest BCUT2D eigenvalue weighted by molar-refractivity contribution is 0.284. The first-order valence-corrected chi connectivity index (χ1v) is 8.32. The van der Waals surface area contributed by atoms with Gasteiger partial charge in [-0.15, -0.1) is 0 Å². The summed E-state index contributed by atoms with van der Waals surface area (Å²) in [5.41, 5.74) is 1.39. The van der Waals surface area contributed by atoms with Crippen LogP contribution in [-0.4, -0.2) is 11.7 Å². The summed E-state index contributed by atoms with van der Waals surface area (Å²) in [5, 5.41) is 17.1. The molecule has 23 heavy (non-hydrogen) atoms. The minimum Gasteiger partial charge on any atom is -0.396 e. The zero-order valence-corrected chi connectivity index (χ0v) is 13.1. The molecule has 0 saturated heterocycles. The Morgan fingerprint density at radius 1 is 0.565 bits per heavy atom. The summed E-state index contributed by atoms with van der Waals surface area (Å²) >= 11 is 0. The first-order valence-electron chi connectivity index (χ1n) is 8.32. The zero-order valence-electron chi connectivity index (χ0n) is 13.1. The molecule has 114 valence electrons. The van der Waals surface area contributed by atoms with Gasteiger partial charge in [0.15, 0.2) is 0 Å². The number of fused-ring (bicyclic) bond motifs is 6. The summed E-state index contributed by atoms with van der Waals surface area (Å²) in [6, 6.07) is 24.0. The third-order valence-electron chi connectivity index (χ3n) is 4.71. The fourth-order valence-electron chi connectivity index (χ4n) is 3.67. The van der Waals surface area contributed by atoms with Crippen molar-refractivity contribution in [3.05, 3.63) is 72.3 Å². The van der Waals surface area contributed by atoms with Crippen LogP contribution in [0, 0.1) is 0 Å². The Labute approximate surface area is 136 Å². The first-order chi connectivity index (χ1) is 11.4. The zero-order chi connectivity index (χ0) is 15.6. The Kier molecular flexibility index (Phi) is 3.72. The number of hydrogen-bond donors (Lipinski definition) is 1. The highest BCUT2D eigenvalue weighted by molar-refractivity contribution is 6.26. The van der Waals surface area contributed by atoms with E-state index >= 15 is 0 Å². The van der Waals surface area contributed by atoms with Crippen molar-refractivity contribution >= 4 is 32.3 Å². The van der Waals surface area contributed by atoms with E-state index in [0.717, 1.165) is 19.3 Å². The summed E-state index contributed by atoms with van der Waals surface area (Å²) in [6.45, 7) is 0.272. The third kappa shape index (κ3) is 2.38. The smallest absolute Gasteiger partial charge is 0.0431 e. The molecule has 1 nitrogen and oxygen atoms in total. The van der Waals surface area contributed by atoms with E-state index in [4.69, 9.17) is 5.11 Å². The van der Waals surface area contributed by atoms with E-state index in [1.54, 1.807) is 0 Å². The number of unbranched alkanes of at least 4 members (excludes halogenated alkanes) is 1. The van der Waals surface area contributed by atoms with Gasteiger partial charge in [0, 0.05) is 6.61 Å². The molecule has 0 aliphatic heterocycles. The van der Waals surface area contributed by atoms with E-state index < -0.39 is 0 Å². The van der Waals surface area contributed by atoms with Gasteiger partial charge in [0.05, 0.1) is 0 Å². The molecule has 0 saturated carbocycles. The van der Waals surface area contributed by atoms with Crippen LogP contribution in [-0.2, 0) is 6.42 Å². The molecule has 0 amide bonds. The second kappa shape index (κ2) is 6.02. The van der Waals surface area contributed by atoms with Crippen LogP contribution >= 0.6 is 0 Å². The molecule has 4 rings (SSSR count). The Morgan fingerprint density at radius 3 is 1.70 bits per heavy atom. The predicted molar refractivity (Wildman–Crippen MR) is 99.0 cm³/mol. The number of hydrogen-bond acceptors (Lipinski definition) is 1. The van der Waals surface area contributed by atoms with Crippen molar-refractivity contribution in [3.8, 4) is 0 Å². The van der Waals surface area contributed by atoms with Gasteiger partial charge in [0.1, 0.15) is 0 Å². The van der Waals surface area contributed by atoms with Crippen LogP contribution in [0.3, 0.4) is 0 Å². The number of aliphatic hydroxyl groups is 1. The van der Waals surface area contributed by atoms with Gasteiger partial charge >= 0.3 is 0 Å². The second-order valence-electron chi connectivity index (χ2n) is 6.11. The highest BCUT2D eigenvalue weighted by atomic mass is 16.2. The van der Waals surface area contributed by atoms with E-state index in [1.807, 2.05) is 0 Å².